The quantitative estimate of drug-likeness (QED) is 0.639. The van der Waals surface area contributed by atoms with Crippen molar-refractivity contribution in [3.63, 3.8) is 0 Å². The van der Waals surface area contributed by atoms with E-state index in [0.717, 1.165) is 6.42 Å². The molecule has 2 aromatic heterocycles. The number of thiazole rings is 1. The number of carboxylic acids is 1. The second-order valence-electron chi connectivity index (χ2n) is 7.31. The van der Waals surface area contributed by atoms with Gasteiger partial charge in [0.15, 0.2) is 0 Å². The largest absolute Gasteiger partial charge is 0.481 e. The number of rotatable bonds is 7. The van der Waals surface area contributed by atoms with Crippen LogP contribution in [0.4, 0.5) is 0 Å². The van der Waals surface area contributed by atoms with E-state index < -0.39 is 11.4 Å². The molecule has 3 heterocycles. The van der Waals surface area contributed by atoms with E-state index in [9.17, 15) is 14.7 Å². The van der Waals surface area contributed by atoms with Gasteiger partial charge in [-0.3, -0.25) is 19.3 Å². The summed E-state index contributed by atoms with van der Waals surface area (Å²) in [5.74, 6) is -1.07. The van der Waals surface area contributed by atoms with Gasteiger partial charge in [0.25, 0.3) is 5.91 Å². The summed E-state index contributed by atoms with van der Waals surface area (Å²) >= 11 is 1.26. The van der Waals surface area contributed by atoms with E-state index in [1.54, 1.807) is 21.3 Å². The molecule has 1 aliphatic heterocycles. The Morgan fingerprint density at radius 3 is 2.79 bits per heavy atom. The minimum Gasteiger partial charge on any atom is -0.481 e. The molecule has 0 saturated carbocycles. The normalized spacial score (nSPS) is 18.8. The highest BCUT2D eigenvalue weighted by atomic mass is 32.1. The Bertz CT molecular complexity index is 989. The molecular weight excluding hydrogens is 390 g/mol. The van der Waals surface area contributed by atoms with Gasteiger partial charge in [0.05, 0.1) is 22.8 Å². The van der Waals surface area contributed by atoms with Crippen molar-refractivity contribution in [2.75, 3.05) is 13.1 Å². The number of benzene rings is 1. The molecular formula is C20H21N5O3S. The maximum Gasteiger partial charge on any atom is 0.311 e. The SMILES string of the molecule is O=C(c1cncs1)N1CCC(Cc2cn(CCc3ccccc3)nn2)(C(=O)O)C1. The van der Waals surface area contributed by atoms with Gasteiger partial charge >= 0.3 is 5.97 Å². The van der Waals surface area contributed by atoms with Gasteiger partial charge in [0.2, 0.25) is 0 Å². The molecule has 1 amide bonds. The summed E-state index contributed by atoms with van der Waals surface area (Å²) in [5.41, 5.74) is 2.40. The van der Waals surface area contributed by atoms with Crippen molar-refractivity contribution >= 4 is 23.2 Å². The summed E-state index contributed by atoms with van der Waals surface area (Å²) in [6.45, 7) is 1.24. The Labute approximate surface area is 171 Å². The lowest BCUT2D eigenvalue weighted by Crippen LogP contribution is -2.38. The third kappa shape index (κ3) is 4.19. The van der Waals surface area contributed by atoms with Crippen LogP contribution in [0.15, 0.2) is 48.2 Å². The van der Waals surface area contributed by atoms with E-state index in [1.165, 1.54) is 23.1 Å². The fourth-order valence-electron chi connectivity index (χ4n) is 3.68. The van der Waals surface area contributed by atoms with Crippen molar-refractivity contribution < 1.29 is 14.7 Å². The van der Waals surface area contributed by atoms with E-state index in [-0.39, 0.29) is 18.9 Å². The van der Waals surface area contributed by atoms with Crippen LogP contribution in [0, 0.1) is 5.41 Å². The standard InChI is InChI=1S/C20H21N5O3S/c26-18(17-11-21-14-29-17)24-9-7-20(13-24,19(27)28)10-16-12-25(23-22-16)8-6-15-4-2-1-3-5-15/h1-5,11-12,14H,6-10,13H2,(H,27,28). The van der Waals surface area contributed by atoms with Crippen LogP contribution < -0.4 is 0 Å². The van der Waals surface area contributed by atoms with Crippen molar-refractivity contribution in [3.05, 3.63) is 64.4 Å². The molecule has 1 atom stereocenters. The molecule has 4 rings (SSSR count). The number of carbonyl (C=O) groups excluding carboxylic acids is 1. The van der Waals surface area contributed by atoms with E-state index in [0.29, 0.717) is 30.1 Å². The lowest BCUT2D eigenvalue weighted by Gasteiger charge is -2.23. The summed E-state index contributed by atoms with van der Waals surface area (Å²) in [6.07, 6.45) is 4.79. The van der Waals surface area contributed by atoms with Crippen molar-refractivity contribution in [1.82, 2.24) is 24.9 Å². The van der Waals surface area contributed by atoms with Crippen molar-refractivity contribution in [3.8, 4) is 0 Å². The van der Waals surface area contributed by atoms with Crippen molar-refractivity contribution in [2.45, 2.75) is 25.8 Å². The van der Waals surface area contributed by atoms with E-state index in [1.807, 2.05) is 18.2 Å². The third-order valence-electron chi connectivity index (χ3n) is 5.32. The van der Waals surface area contributed by atoms with Crippen LogP contribution in [0.2, 0.25) is 0 Å². The highest BCUT2D eigenvalue weighted by Gasteiger charge is 2.47. The van der Waals surface area contributed by atoms with Crippen LogP contribution in [0.3, 0.4) is 0 Å². The van der Waals surface area contributed by atoms with Crippen LogP contribution in [0.1, 0.15) is 27.3 Å². The monoisotopic (exact) mass is 411 g/mol. The van der Waals surface area contributed by atoms with Gasteiger partial charge < -0.3 is 10.0 Å². The molecule has 29 heavy (non-hydrogen) atoms. The summed E-state index contributed by atoms with van der Waals surface area (Å²) in [7, 11) is 0. The molecule has 1 aromatic carbocycles. The molecule has 0 bridgehead atoms. The van der Waals surface area contributed by atoms with Gasteiger partial charge in [-0.25, -0.2) is 0 Å². The molecule has 9 heteroatoms. The first kappa shape index (κ1) is 19.3. The Kier molecular flexibility index (Phi) is 5.39. The average molecular weight is 411 g/mol. The smallest absolute Gasteiger partial charge is 0.311 e. The van der Waals surface area contributed by atoms with Gasteiger partial charge in [-0.2, -0.15) is 0 Å². The van der Waals surface area contributed by atoms with Crippen molar-refractivity contribution in [1.29, 1.82) is 0 Å². The van der Waals surface area contributed by atoms with Gasteiger partial charge in [-0.1, -0.05) is 35.5 Å². The number of likely N-dealkylation sites (tertiary alicyclic amines) is 1. The molecule has 1 aliphatic rings. The molecule has 0 radical (unpaired) electrons. The zero-order valence-electron chi connectivity index (χ0n) is 15.8. The van der Waals surface area contributed by atoms with E-state index in [4.69, 9.17) is 0 Å². The van der Waals surface area contributed by atoms with Crippen LogP contribution in [-0.4, -0.2) is 55.0 Å². The summed E-state index contributed by atoms with van der Waals surface area (Å²) in [4.78, 5) is 30.7. The van der Waals surface area contributed by atoms with Crippen molar-refractivity contribution in [2.24, 2.45) is 5.41 Å². The number of amides is 1. The summed E-state index contributed by atoms with van der Waals surface area (Å²) < 4.78 is 1.74. The minimum absolute atomic E-state index is 0.163. The number of aryl methyl sites for hydroxylation is 2. The number of hydrogen-bond donors (Lipinski definition) is 1. The zero-order valence-corrected chi connectivity index (χ0v) is 16.6. The first-order valence-electron chi connectivity index (χ1n) is 9.40. The summed E-state index contributed by atoms with van der Waals surface area (Å²) in [6, 6.07) is 10.1. The molecule has 3 aromatic rings. The second-order valence-corrected chi connectivity index (χ2v) is 8.20. The van der Waals surface area contributed by atoms with Gasteiger partial charge in [-0.15, -0.1) is 16.4 Å². The molecule has 1 N–H and O–H groups in total. The minimum atomic E-state index is -1.04. The fourth-order valence-corrected chi connectivity index (χ4v) is 4.27. The third-order valence-corrected chi connectivity index (χ3v) is 6.08. The van der Waals surface area contributed by atoms with Crippen LogP contribution >= 0.6 is 11.3 Å². The fraction of sp³-hybridized carbons (Fsp3) is 0.350. The maximum absolute atomic E-state index is 12.6. The molecule has 1 saturated heterocycles. The Morgan fingerprint density at radius 1 is 1.24 bits per heavy atom. The number of nitrogens with zero attached hydrogens (tertiary/aromatic N) is 5. The zero-order chi connectivity index (χ0) is 20.3. The Balaban J connectivity index is 1.42. The van der Waals surface area contributed by atoms with E-state index >= 15 is 0 Å². The summed E-state index contributed by atoms with van der Waals surface area (Å²) in [5, 5.41) is 18.2. The average Bonchev–Trinajstić information content (AvgIpc) is 3.49. The first-order valence-corrected chi connectivity index (χ1v) is 10.3. The predicted octanol–water partition coefficient (Wildman–Crippen LogP) is 2.14. The second kappa shape index (κ2) is 8.12. The number of aliphatic carboxylic acids is 1. The highest BCUT2D eigenvalue weighted by molar-refractivity contribution is 7.11. The molecule has 8 nitrogen and oxygen atoms in total. The topological polar surface area (TPSA) is 101 Å². The predicted molar refractivity (Wildman–Crippen MR) is 107 cm³/mol. The highest BCUT2D eigenvalue weighted by Crippen LogP contribution is 2.35. The molecule has 1 unspecified atom stereocenters. The molecule has 0 aliphatic carbocycles. The van der Waals surface area contributed by atoms with Gasteiger partial charge in [-0.05, 0) is 18.4 Å². The molecule has 0 spiro atoms. The van der Waals surface area contributed by atoms with Gasteiger partial charge in [0, 0.05) is 32.3 Å². The number of carboxylic acid groups (broad SMARTS) is 1. The molecule has 150 valence electrons. The van der Waals surface area contributed by atoms with E-state index in [2.05, 4.69) is 27.4 Å². The van der Waals surface area contributed by atoms with Crippen LogP contribution in [0.5, 0.6) is 0 Å². The Morgan fingerprint density at radius 2 is 2.07 bits per heavy atom. The van der Waals surface area contributed by atoms with Gasteiger partial charge in [0.1, 0.15) is 4.88 Å². The first-order chi connectivity index (χ1) is 14.1. The number of aromatic nitrogens is 4. The van der Waals surface area contributed by atoms with Crippen LogP contribution in [-0.2, 0) is 24.2 Å². The lowest BCUT2D eigenvalue weighted by atomic mass is 9.82. The lowest BCUT2D eigenvalue weighted by molar-refractivity contribution is -0.148. The molecule has 1 fully saturated rings. The number of carbonyl (C=O) groups is 2. The number of hydrogen-bond acceptors (Lipinski definition) is 6. The maximum atomic E-state index is 12.6. The van der Waals surface area contributed by atoms with Crippen LogP contribution in [0.25, 0.3) is 0 Å². The Hall–Kier alpha value is -3.07.